The van der Waals surface area contributed by atoms with Crippen LogP contribution in [0.3, 0.4) is 0 Å². The summed E-state index contributed by atoms with van der Waals surface area (Å²) >= 11 is 5.78. The van der Waals surface area contributed by atoms with Crippen LogP contribution in [0.2, 0.25) is 19.6 Å². The quantitative estimate of drug-likeness (QED) is 0.472. The first-order valence-corrected chi connectivity index (χ1v) is 9.36. The predicted octanol–water partition coefficient (Wildman–Crippen LogP) is 3.45. The van der Waals surface area contributed by atoms with Gasteiger partial charge in [-0.2, -0.15) is 0 Å². The van der Waals surface area contributed by atoms with E-state index in [1.165, 1.54) is 6.07 Å². The van der Waals surface area contributed by atoms with Crippen LogP contribution in [0.25, 0.3) is 0 Å². The van der Waals surface area contributed by atoms with Crippen LogP contribution in [0.1, 0.15) is 5.56 Å². The number of carbonyl (C=O) groups is 1. The Morgan fingerprint density at radius 3 is 2.39 bits per heavy atom. The fourth-order valence-electron chi connectivity index (χ4n) is 1.65. The summed E-state index contributed by atoms with van der Waals surface area (Å²) in [7, 11) is -2.13. The number of carbonyl (C=O) groups excluding carboxylic acids is 1. The fourth-order valence-corrected chi connectivity index (χ4v) is 3.33. The number of benzene rings is 1. The standard InChI is InChI=1S/C12H15ClF2O2Si/c1-18(2,3)17-12(7-13,8-16)10-5-4-9(14)6-11(10)15/h4-6,8H,7H2,1-3H3/t12-/m1/s1. The molecular weight excluding hydrogens is 278 g/mol. The van der Waals surface area contributed by atoms with Crippen molar-refractivity contribution in [3.8, 4) is 0 Å². The summed E-state index contributed by atoms with van der Waals surface area (Å²) in [6.45, 7) is 5.58. The van der Waals surface area contributed by atoms with Crippen molar-refractivity contribution in [3.05, 3.63) is 35.4 Å². The van der Waals surface area contributed by atoms with Crippen molar-refractivity contribution in [1.29, 1.82) is 0 Å². The molecule has 0 aliphatic heterocycles. The molecule has 0 fully saturated rings. The van der Waals surface area contributed by atoms with Crippen LogP contribution in [-0.4, -0.2) is 20.5 Å². The molecule has 0 radical (unpaired) electrons. The molecule has 1 aromatic rings. The first-order chi connectivity index (χ1) is 8.24. The molecule has 2 nitrogen and oxygen atoms in total. The largest absolute Gasteiger partial charge is 0.401 e. The van der Waals surface area contributed by atoms with Gasteiger partial charge in [0, 0.05) is 11.6 Å². The second-order valence-electron chi connectivity index (χ2n) is 4.98. The molecule has 0 heterocycles. The second-order valence-corrected chi connectivity index (χ2v) is 9.68. The van der Waals surface area contributed by atoms with Gasteiger partial charge in [0.15, 0.2) is 20.2 Å². The molecule has 0 amide bonds. The fraction of sp³-hybridized carbons (Fsp3) is 0.417. The molecule has 18 heavy (non-hydrogen) atoms. The van der Waals surface area contributed by atoms with Gasteiger partial charge in [-0.15, -0.1) is 11.6 Å². The monoisotopic (exact) mass is 292 g/mol. The summed E-state index contributed by atoms with van der Waals surface area (Å²) in [5.74, 6) is -1.76. The Balaban J connectivity index is 3.30. The van der Waals surface area contributed by atoms with Crippen molar-refractivity contribution in [3.63, 3.8) is 0 Å². The van der Waals surface area contributed by atoms with Gasteiger partial charge in [0.2, 0.25) is 0 Å². The van der Waals surface area contributed by atoms with Gasteiger partial charge in [-0.25, -0.2) is 8.78 Å². The summed E-state index contributed by atoms with van der Waals surface area (Å²) in [5.41, 5.74) is -1.58. The van der Waals surface area contributed by atoms with Crippen LogP contribution in [0.15, 0.2) is 18.2 Å². The second kappa shape index (κ2) is 5.46. The molecule has 100 valence electrons. The number of rotatable bonds is 5. The van der Waals surface area contributed by atoms with Gasteiger partial charge in [-0.3, -0.25) is 4.79 Å². The normalized spacial score (nSPS) is 15.2. The summed E-state index contributed by atoms with van der Waals surface area (Å²) in [4.78, 5) is 11.3. The summed E-state index contributed by atoms with van der Waals surface area (Å²) in [5, 5.41) is 0. The molecule has 6 heteroatoms. The molecule has 0 saturated carbocycles. The highest BCUT2D eigenvalue weighted by Crippen LogP contribution is 2.31. The van der Waals surface area contributed by atoms with Crippen LogP contribution in [-0.2, 0) is 14.8 Å². The van der Waals surface area contributed by atoms with E-state index in [4.69, 9.17) is 16.0 Å². The average Bonchev–Trinajstić information content (AvgIpc) is 2.25. The van der Waals surface area contributed by atoms with Gasteiger partial charge in [-0.05, 0) is 31.8 Å². The molecule has 1 rings (SSSR count). The molecule has 0 aliphatic carbocycles. The van der Waals surface area contributed by atoms with Gasteiger partial charge >= 0.3 is 0 Å². The third kappa shape index (κ3) is 3.37. The molecule has 0 spiro atoms. The molecule has 0 bridgehead atoms. The highest BCUT2D eigenvalue weighted by atomic mass is 35.5. The Bertz CT molecular complexity index is 448. The molecule has 1 aromatic carbocycles. The SMILES string of the molecule is C[Si](C)(C)O[C@@](C=O)(CCl)c1ccc(F)cc1F. The molecular formula is C12H15ClF2O2Si. The Kier molecular flexibility index (Phi) is 4.64. The number of halogens is 3. The van der Waals surface area contributed by atoms with Crippen LogP contribution >= 0.6 is 11.6 Å². The first-order valence-electron chi connectivity index (χ1n) is 5.42. The zero-order valence-corrected chi connectivity index (χ0v) is 12.2. The van der Waals surface area contributed by atoms with Crippen molar-refractivity contribution in [2.24, 2.45) is 0 Å². The topological polar surface area (TPSA) is 26.3 Å². The van der Waals surface area contributed by atoms with Crippen molar-refractivity contribution in [2.75, 3.05) is 5.88 Å². The smallest absolute Gasteiger partial charge is 0.185 e. The first kappa shape index (κ1) is 15.3. The number of hydrogen-bond acceptors (Lipinski definition) is 2. The Morgan fingerprint density at radius 2 is 2.00 bits per heavy atom. The lowest BCUT2D eigenvalue weighted by molar-refractivity contribution is -0.121. The van der Waals surface area contributed by atoms with Gasteiger partial charge < -0.3 is 4.43 Å². The zero-order chi connectivity index (χ0) is 14.0. The van der Waals surface area contributed by atoms with E-state index < -0.39 is 25.6 Å². The molecule has 0 aliphatic rings. The lowest BCUT2D eigenvalue weighted by Crippen LogP contribution is -2.44. The minimum Gasteiger partial charge on any atom is -0.401 e. The van der Waals surface area contributed by atoms with Gasteiger partial charge in [-0.1, -0.05) is 0 Å². The molecule has 0 saturated heterocycles. The predicted molar refractivity (Wildman–Crippen MR) is 69.3 cm³/mol. The van der Waals surface area contributed by atoms with E-state index in [-0.39, 0.29) is 11.4 Å². The summed E-state index contributed by atoms with van der Waals surface area (Å²) in [6.07, 6.45) is 0.481. The number of alkyl halides is 1. The number of aldehydes is 1. The van der Waals surface area contributed by atoms with E-state index in [1.807, 2.05) is 19.6 Å². The highest BCUT2D eigenvalue weighted by Gasteiger charge is 2.39. The Labute approximate surface area is 111 Å². The minimum atomic E-state index is -2.13. The molecule has 0 aromatic heterocycles. The maximum absolute atomic E-state index is 13.8. The van der Waals surface area contributed by atoms with Crippen LogP contribution in [0, 0.1) is 11.6 Å². The Hall–Kier alpha value is -0.783. The maximum atomic E-state index is 13.8. The van der Waals surface area contributed by atoms with Gasteiger partial charge in [0.1, 0.15) is 11.6 Å². The zero-order valence-electron chi connectivity index (χ0n) is 10.5. The van der Waals surface area contributed by atoms with E-state index in [1.54, 1.807) is 0 Å². The van der Waals surface area contributed by atoms with E-state index in [0.717, 1.165) is 6.07 Å². The lowest BCUT2D eigenvalue weighted by Gasteiger charge is -2.33. The lowest BCUT2D eigenvalue weighted by atomic mass is 9.97. The number of hydrogen-bond donors (Lipinski definition) is 0. The van der Waals surface area contributed by atoms with Crippen LogP contribution < -0.4 is 0 Å². The molecule has 0 unspecified atom stereocenters. The van der Waals surface area contributed by atoms with Gasteiger partial charge in [0.05, 0.1) is 5.88 Å². The third-order valence-corrected chi connectivity index (χ3v) is 3.64. The maximum Gasteiger partial charge on any atom is 0.185 e. The van der Waals surface area contributed by atoms with Crippen molar-refractivity contribution in [1.82, 2.24) is 0 Å². The summed E-state index contributed by atoms with van der Waals surface area (Å²) < 4.78 is 32.4. The van der Waals surface area contributed by atoms with Crippen molar-refractivity contribution >= 4 is 26.2 Å². The van der Waals surface area contributed by atoms with Gasteiger partial charge in [0.25, 0.3) is 0 Å². The third-order valence-electron chi connectivity index (χ3n) is 2.26. The van der Waals surface area contributed by atoms with Crippen LogP contribution in [0.5, 0.6) is 0 Å². The minimum absolute atomic E-state index is 0.0312. The van der Waals surface area contributed by atoms with E-state index in [0.29, 0.717) is 12.4 Å². The highest BCUT2D eigenvalue weighted by molar-refractivity contribution is 6.70. The van der Waals surface area contributed by atoms with Crippen molar-refractivity contribution in [2.45, 2.75) is 25.2 Å². The van der Waals surface area contributed by atoms with E-state index in [9.17, 15) is 13.6 Å². The van der Waals surface area contributed by atoms with Crippen LogP contribution in [0.4, 0.5) is 8.78 Å². The van der Waals surface area contributed by atoms with E-state index in [2.05, 4.69) is 0 Å². The summed E-state index contributed by atoms with van der Waals surface area (Å²) in [6, 6.07) is 2.99. The molecule has 0 N–H and O–H groups in total. The van der Waals surface area contributed by atoms with E-state index >= 15 is 0 Å². The Morgan fingerprint density at radius 1 is 1.39 bits per heavy atom. The molecule has 1 atom stereocenters. The average molecular weight is 293 g/mol. The van der Waals surface area contributed by atoms with Crippen molar-refractivity contribution < 1.29 is 18.0 Å².